The Labute approximate surface area is 824 Å². The molecule has 0 spiro atoms. The predicted octanol–water partition coefficient (Wildman–Crippen LogP) is 38.7. The molecule has 12 rings (SSSR count). The first-order valence-corrected chi connectivity index (χ1v) is 53.3. The largest absolute Gasteiger partial charge is 0.530 e. The summed E-state index contributed by atoms with van der Waals surface area (Å²) in [6.07, 6.45) is 6.43. The van der Waals surface area contributed by atoms with E-state index in [1.54, 1.807) is 0 Å². The summed E-state index contributed by atoms with van der Waals surface area (Å²) < 4.78 is 76.5. The van der Waals surface area contributed by atoms with E-state index in [1.807, 2.05) is 164 Å². The Bertz CT molecular complexity index is 5000. The molecule has 6 atom stereocenters. The van der Waals surface area contributed by atoms with Gasteiger partial charge in [0, 0.05) is 16.7 Å². The van der Waals surface area contributed by atoms with Crippen molar-refractivity contribution in [2.24, 2.45) is 0 Å². The zero-order valence-electron chi connectivity index (χ0n) is 87.1. The average Bonchev–Trinajstić information content (AvgIpc) is 0.801. The van der Waals surface area contributed by atoms with E-state index in [-0.39, 0.29) is 32.5 Å². The van der Waals surface area contributed by atoms with Gasteiger partial charge in [-0.25, -0.2) is 0 Å². The molecular formula is C120H156O12P4. The standard InChI is InChI=1S/4C30H39O3P/c1-28(2,3)22-10-16-25(17-11-22)31-34(32-26-18-12-23(13-19-26)29(4,5)6)33-27-20-14-24(15-21-27)30(7,8)9;1-28(2,3)22-16-10-13-19-25(22)31-34(32-26-20-14-11-17-23(26)29(4,5)6)33-27-21-15-12-18-24(27)30(7,8)9;1-7-22(4)25-10-16-28(17-11-25)31-34(32-29-18-12-26(13-19-29)23(5)8-2)33-30-20-14-27(15-21-30)24(6)9-3;1-7-22(4)25-16-10-13-19-28(25)31-34(32-29-20-14-11-17-26(29)23(5)8-2)33-30-21-15-12-18-27(30)24(6)9-3/h2*10-21H,1-9H3;2*10-24H,7-9H2,1-6H3. The maximum atomic E-state index is 6.54. The van der Waals surface area contributed by atoms with Crippen LogP contribution in [0.2, 0.25) is 0 Å². The first kappa shape index (κ1) is 110. The van der Waals surface area contributed by atoms with Gasteiger partial charge in [0.15, 0.2) is 0 Å². The van der Waals surface area contributed by atoms with Gasteiger partial charge in [0.1, 0.15) is 69.0 Å². The fourth-order valence-electron chi connectivity index (χ4n) is 14.6. The lowest BCUT2D eigenvalue weighted by molar-refractivity contribution is 0.372. The SMILES string of the molecule is CC(C)(C)c1ccc(OP(Oc2ccc(C(C)(C)C)cc2)Oc2ccc(C(C)(C)C)cc2)cc1.CC(C)(C)c1ccccc1OP(Oc1ccccc1C(C)(C)C)Oc1ccccc1C(C)(C)C.CCC(C)c1ccc(OP(Oc2ccc(C(C)CC)cc2)Oc2ccc(C(C)CC)cc2)cc1.CCC(C)c1ccccc1OP(Oc1ccccc1C(C)CC)Oc1ccccc1C(C)CC. The van der Waals surface area contributed by atoms with Crippen LogP contribution in [0.25, 0.3) is 0 Å². The molecule has 12 aromatic rings. The molecule has 6 unspecified atom stereocenters. The molecule has 0 saturated heterocycles. The summed E-state index contributed by atoms with van der Waals surface area (Å²) in [5, 5.41) is 0. The van der Waals surface area contributed by atoms with Crippen LogP contribution < -0.4 is 54.3 Å². The molecule has 0 radical (unpaired) electrons. The highest BCUT2D eigenvalue weighted by Crippen LogP contribution is 2.53. The highest BCUT2D eigenvalue weighted by molar-refractivity contribution is 7.44. The van der Waals surface area contributed by atoms with Gasteiger partial charge in [0.2, 0.25) is 0 Å². The third kappa shape index (κ3) is 33.7. The van der Waals surface area contributed by atoms with Gasteiger partial charge < -0.3 is 54.3 Å². The van der Waals surface area contributed by atoms with Crippen molar-refractivity contribution in [2.75, 3.05) is 0 Å². The summed E-state index contributed by atoms with van der Waals surface area (Å²) in [5.41, 5.74) is 14.6. The minimum atomic E-state index is -1.78. The number of hydrogen-bond acceptors (Lipinski definition) is 12. The summed E-state index contributed by atoms with van der Waals surface area (Å²) >= 11 is 0. The quantitative estimate of drug-likeness (QED) is 0.0349. The molecule has 0 aliphatic rings. The van der Waals surface area contributed by atoms with Gasteiger partial charge >= 0.3 is 34.4 Å². The van der Waals surface area contributed by atoms with E-state index in [0.717, 1.165) is 124 Å². The van der Waals surface area contributed by atoms with Crippen molar-refractivity contribution in [3.63, 3.8) is 0 Å². The summed E-state index contributed by atoms with van der Waals surface area (Å²) in [6.45, 7) is 66.0. The number of hydrogen-bond donors (Lipinski definition) is 0. The van der Waals surface area contributed by atoms with E-state index in [9.17, 15) is 0 Å². The van der Waals surface area contributed by atoms with Crippen LogP contribution in [0.1, 0.15) is 349 Å². The lowest BCUT2D eigenvalue weighted by atomic mass is 9.86. The van der Waals surface area contributed by atoms with Crippen LogP contribution >= 0.6 is 34.4 Å². The van der Waals surface area contributed by atoms with Gasteiger partial charge in [-0.05, 0) is 266 Å². The van der Waals surface area contributed by atoms with E-state index < -0.39 is 34.4 Å². The van der Waals surface area contributed by atoms with Crippen LogP contribution in [0.5, 0.6) is 69.0 Å². The Hall–Kier alpha value is -10.0. The molecule has 728 valence electrons. The minimum absolute atomic E-state index is 0.0791. The molecule has 0 bridgehead atoms. The molecule has 136 heavy (non-hydrogen) atoms. The van der Waals surface area contributed by atoms with Crippen molar-refractivity contribution in [1.82, 2.24) is 0 Å². The highest BCUT2D eigenvalue weighted by Gasteiger charge is 2.33. The van der Waals surface area contributed by atoms with Gasteiger partial charge in [-0.15, -0.1) is 0 Å². The molecule has 12 aromatic carbocycles. The van der Waals surface area contributed by atoms with E-state index in [0.29, 0.717) is 35.5 Å². The lowest BCUT2D eigenvalue weighted by Gasteiger charge is -2.28. The van der Waals surface area contributed by atoms with Crippen molar-refractivity contribution in [3.8, 4) is 69.0 Å². The smallest absolute Gasteiger partial charge is 0.409 e. The van der Waals surface area contributed by atoms with Crippen LogP contribution in [0.15, 0.2) is 291 Å². The third-order valence-electron chi connectivity index (χ3n) is 24.7. The second-order valence-corrected chi connectivity index (χ2v) is 45.7. The fourth-order valence-corrected chi connectivity index (χ4v) is 18.8. The van der Waals surface area contributed by atoms with Crippen LogP contribution in [0.3, 0.4) is 0 Å². The maximum absolute atomic E-state index is 6.54. The van der Waals surface area contributed by atoms with Crippen LogP contribution in [-0.2, 0) is 32.5 Å². The monoisotopic (exact) mass is 1910 g/mol. The molecule has 16 heteroatoms. The van der Waals surface area contributed by atoms with E-state index in [4.69, 9.17) is 54.3 Å². The normalized spacial score (nSPS) is 13.6. The summed E-state index contributed by atoms with van der Waals surface area (Å²) in [7, 11) is -6.89. The number of benzene rings is 12. The van der Waals surface area contributed by atoms with E-state index >= 15 is 0 Å². The van der Waals surface area contributed by atoms with E-state index in [2.05, 4.69) is 335 Å². The van der Waals surface area contributed by atoms with Crippen LogP contribution in [-0.4, -0.2) is 0 Å². The number of rotatable bonds is 36. The van der Waals surface area contributed by atoms with Gasteiger partial charge in [-0.2, -0.15) is 0 Å². The Balaban J connectivity index is 0.000000203. The minimum Gasteiger partial charge on any atom is -0.409 e. The van der Waals surface area contributed by atoms with Gasteiger partial charge in [0.05, 0.1) is 0 Å². The molecule has 0 heterocycles. The molecular weight excluding hydrogens is 1760 g/mol. The number of para-hydroxylation sites is 6. The van der Waals surface area contributed by atoms with Crippen molar-refractivity contribution < 1.29 is 54.3 Å². The van der Waals surface area contributed by atoms with Crippen LogP contribution in [0, 0.1) is 0 Å². The Morgan fingerprint density at radius 3 is 0.522 bits per heavy atom. The van der Waals surface area contributed by atoms with Gasteiger partial charge in [-0.3, -0.25) is 0 Å². The zero-order valence-corrected chi connectivity index (χ0v) is 90.7. The molecule has 0 N–H and O–H groups in total. The Morgan fingerprint density at radius 1 is 0.176 bits per heavy atom. The molecule has 0 aromatic heterocycles. The summed E-state index contributed by atoms with van der Waals surface area (Å²) in [4.78, 5) is 0. The summed E-state index contributed by atoms with van der Waals surface area (Å²) in [5.74, 6) is 11.9. The Morgan fingerprint density at radius 2 is 0.338 bits per heavy atom. The van der Waals surface area contributed by atoms with Crippen molar-refractivity contribution in [2.45, 2.75) is 314 Å². The molecule has 0 fully saturated rings. The maximum Gasteiger partial charge on any atom is 0.530 e. The van der Waals surface area contributed by atoms with Crippen LogP contribution in [0.4, 0.5) is 0 Å². The second kappa shape index (κ2) is 51.0. The lowest BCUT2D eigenvalue weighted by Crippen LogP contribution is -2.16. The highest BCUT2D eigenvalue weighted by atomic mass is 31.2. The van der Waals surface area contributed by atoms with E-state index in [1.165, 1.54) is 50.1 Å². The summed E-state index contributed by atoms with van der Waals surface area (Å²) in [6, 6.07) is 98.3. The average molecular weight is 1910 g/mol. The topological polar surface area (TPSA) is 111 Å². The van der Waals surface area contributed by atoms with Gasteiger partial charge in [-0.1, -0.05) is 390 Å². The van der Waals surface area contributed by atoms with Crippen molar-refractivity contribution in [1.29, 1.82) is 0 Å². The predicted molar refractivity (Wildman–Crippen MR) is 577 cm³/mol. The molecule has 0 aliphatic carbocycles. The Kier molecular flexibility index (Phi) is 41.1. The second-order valence-electron chi connectivity index (χ2n) is 41.7. The van der Waals surface area contributed by atoms with Gasteiger partial charge in [0.25, 0.3) is 0 Å². The van der Waals surface area contributed by atoms with Crippen molar-refractivity contribution >= 4 is 34.4 Å². The van der Waals surface area contributed by atoms with Crippen molar-refractivity contribution in [3.05, 3.63) is 358 Å². The molecule has 0 amide bonds. The molecule has 12 nitrogen and oxygen atoms in total. The molecule has 0 saturated carbocycles. The first-order chi connectivity index (χ1) is 64.4. The molecule has 0 aliphatic heterocycles. The first-order valence-electron chi connectivity index (χ1n) is 48.9. The fraction of sp³-hybridized carbons (Fsp3) is 0.400. The third-order valence-corrected chi connectivity index (χ3v) is 29.0. The zero-order chi connectivity index (χ0) is 99.3.